The summed E-state index contributed by atoms with van der Waals surface area (Å²) in [6.07, 6.45) is 8.06. The van der Waals surface area contributed by atoms with Gasteiger partial charge in [-0.3, -0.25) is 14.4 Å². The van der Waals surface area contributed by atoms with Gasteiger partial charge < -0.3 is 19.9 Å². The van der Waals surface area contributed by atoms with Crippen molar-refractivity contribution in [2.24, 2.45) is 32.7 Å². The molecule has 2 fully saturated rings. The third kappa shape index (κ3) is 4.62. The van der Waals surface area contributed by atoms with E-state index in [1.54, 1.807) is 0 Å². The predicted octanol–water partition coefficient (Wildman–Crippen LogP) is 5.21. The van der Waals surface area contributed by atoms with Gasteiger partial charge in [-0.25, -0.2) is 15.0 Å². The normalized spacial score (nSPS) is 26.2. The van der Waals surface area contributed by atoms with E-state index in [2.05, 4.69) is 12.2 Å². The molecule has 1 unspecified atom stereocenters. The van der Waals surface area contributed by atoms with Gasteiger partial charge in [-0.2, -0.15) is 0 Å². The lowest BCUT2D eigenvalue weighted by Gasteiger charge is -2.19. The summed E-state index contributed by atoms with van der Waals surface area (Å²) >= 11 is 0. The Morgan fingerprint density at radius 2 is 1.69 bits per heavy atom. The number of methoxy groups -OCH3 is 2. The number of carbonyl (C=O) groups is 3. The van der Waals surface area contributed by atoms with E-state index in [1.165, 1.54) is 14.2 Å². The first kappa shape index (κ1) is 30.2. The standard InChI is InChI=1S/C35H36N4O6/c1-8-19-15(2)23-12-27-21(14-40)17(4)22(37-27)11-24-16(3)20(9-10-28(41)44-6)32(38-24)30-31(35(43)45-7)34(42)29-18(5)25(39-33(29)30)13-26(19)36-23/h11-14,16,20,31,38,40H,8-10H2,1-7H3/b21-14+,23-12?,24-11?,25-13?,32-30?/t16-,20-,31?/m0/s1. The van der Waals surface area contributed by atoms with Gasteiger partial charge in [0, 0.05) is 46.4 Å². The first-order valence-corrected chi connectivity index (χ1v) is 15.1. The van der Waals surface area contributed by atoms with Crippen molar-refractivity contribution in [1.82, 2.24) is 5.32 Å². The molecule has 3 atom stereocenters. The summed E-state index contributed by atoms with van der Waals surface area (Å²) in [6.45, 7) is 9.85. The second-order valence-corrected chi connectivity index (χ2v) is 11.9. The second kappa shape index (κ2) is 11.3. The monoisotopic (exact) mass is 608 g/mol. The molecule has 232 valence electrons. The maximum Gasteiger partial charge on any atom is 0.321 e. The number of ether oxygens (including phenoxy) is 2. The minimum absolute atomic E-state index is 0.147. The molecule has 5 heterocycles. The van der Waals surface area contributed by atoms with E-state index in [0.29, 0.717) is 57.2 Å². The zero-order valence-corrected chi connectivity index (χ0v) is 26.5. The third-order valence-corrected chi connectivity index (χ3v) is 9.65. The number of nitrogens with one attached hydrogen (secondary N) is 1. The topological polar surface area (TPSA) is 139 Å². The van der Waals surface area contributed by atoms with Crippen molar-refractivity contribution in [3.63, 3.8) is 0 Å². The van der Waals surface area contributed by atoms with Gasteiger partial charge in [0.25, 0.3) is 0 Å². The highest BCUT2D eigenvalue weighted by Gasteiger charge is 2.51. The number of nitrogens with zero attached hydrogens (tertiary/aromatic N) is 3. The van der Waals surface area contributed by atoms with Crippen LogP contribution >= 0.6 is 0 Å². The third-order valence-electron chi connectivity index (χ3n) is 9.65. The number of hydrogen-bond donors (Lipinski definition) is 2. The Balaban J connectivity index is 1.66. The average molecular weight is 609 g/mol. The molecule has 0 spiro atoms. The molecule has 10 nitrogen and oxygen atoms in total. The summed E-state index contributed by atoms with van der Waals surface area (Å²) < 4.78 is 10.1. The molecule has 0 radical (unpaired) electrons. The first-order valence-electron chi connectivity index (χ1n) is 15.1. The van der Waals surface area contributed by atoms with E-state index < -0.39 is 11.9 Å². The summed E-state index contributed by atoms with van der Waals surface area (Å²) in [5.74, 6) is -2.99. The number of aliphatic imine (C=N–C) groups is 3. The molecule has 0 aromatic heterocycles. The fraction of sp³-hybridized carbons (Fsp3) is 0.371. The number of carbonyl (C=O) groups excluding carboxylic acids is 3. The van der Waals surface area contributed by atoms with Crippen LogP contribution < -0.4 is 5.32 Å². The SMILES string of the molecule is CCC1=C(C)C2=CC3=NC(=C(C)/C3=C\O)C=C3NC(=C4C5=NC(=CC1=N2)C(C)=C5C(=O)C4C(=O)OC)[C@@H](CCC(=O)OC)[C@@H]3C. The number of rotatable bonds is 5. The molecule has 2 N–H and O–H groups in total. The Kier molecular flexibility index (Phi) is 7.54. The maximum absolute atomic E-state index is 14.0. The quantitative estimate of drug-likeness (QED) is 0.248. The molecule has 10 heteroatoms. The fourth-order valence-corrected chi connectivity index (χ4v) is 7.03. The summed E-state index contributed by atoms with van der Waals surface area (Å²) in [6, 6.07) is 0. The smallest absolute Gasteiger partial charge is 0.321 e. The van der Waals surface area contributed by atoms with Crippen LogP contribution in [0.5, 0.6) is 0 Å². The van der Waals surface area contributed by atoms with Crippen LogP contribution in [0.25, 0.3) is 0 Å². The van der Waals surface area contributed by atoms with E-state index >= 15 is 0 Å². The average Bonchev–Trinajstić information content (AvgIpc) is 3.76. The van der Waals surface area contributed by atoms with E-state index in [-0.39, 0.29) is 30.0 Å². The van der Waals surface area contributed by atoms with Crippen LogP contribution in [0, 0.1) is 17.8 Å². The summed E-state index contributed by atoms with van der Waals surface area (Å²) in [5, 5.41) is 13.8. The zero-order chi connectivity index (χ0) is 32.3. The summed E-state index contributed by atoms with van der Waals surface area (Å²) in [5.41, 5.74) is 10.2. The van der Waals surface area contributed by atoms with Gasteiger partial charge in [0.05, 0.1) is 54.7 Å². The van der Waals surface area contributed by atoms with Gasteiger partial charge in [0.15, 0.2) is 5.78 Å². The number of aliphatic hydroxyl groups is 1. The van der Waals surface area contributed by atoms with Crippen LogP contribution in [0.15, 0.2) is 107 Å². The Bertz CT molecular complexity index is 1830. The van der Waals surface area contributed by atoms with Gasteiger partial charge in [0.2, 0.25) is 0 Å². The molecule has 1 aliphatic carbocycles. The Morgan fingerprint density at radius 3 is 2.36 bits per heavy atom. The minimum Gasteiger partial charge on any atom is -0.515 e. The molecular formula is C35H36N4O6. The molecule has 6 aliphatic rings. The highest BCUT2D eigenvalue weighted by molar-refractivity contribution is 6.42. The highest BCUT2D eigenvalue weighted by atomic mass is 16.5. The van der Waals surface area contributed by atoms with Crippen molar-refractivity contribution in [3.05, 3.63) is 92.0 Å². The summed E-state index contributed by atoms with van der Waals surface area (Å²) in [4.78, 5) is 54.4. The van der Waals surface area contributed by atoms with Gasteiger partial charge in [-0.1, -0.05) is 13.8 Å². The van der Waals surface area contributed by atoms with Crippen molar-refractivity contribution < 1.29 is 29.0 Å². The Hall–Kier alpha value is -4.86. The molecule has 5 aliphatic heterocycles. The number of ketones is 1. The maximum atomic E-state index is 14.0. The minimum atomic E-state index is -1.19. The lowest BCUT2D eigenvalue weighted by atomic mass is 9.85. The van der Waals surface area contributed by atoms with Crippen LogP contribution in [0.2, 0.25) is 0 Å². The molecular weight excluding hydrogens is 572 g/mol. The lowest BCUT2D eigenvalue weighted by molar-refractivity contribution is -0.146. The van der Waals surface area contributed by atoms with Crippen LogP contribution in [0.1, 0.15) is 53.9 Å². The number of Topliss-reactive ketones (excluding diaryl/α,β-unsaturated/α-hetero) is 1. The number of hydrogen-bond acceptors (Lipinski definition) is 10. The zero-order valence-electron chi connectivity index (χ0n) is 26.5. The molecule has 0 aromatic carbocycles. The molecule has 0 amide bonds. The second-order valence-electron chi connectivity index (χ2n) is 11.9. The van der Waals surface area contributed by atoms with Gasteiger partial charge in [-0.15, -0.1) is 0 Å². The molecule has 0 aromatic rings. The van der Waals surface area contributed by atoms with Crippen LogP contribution in [-0.2, 0) is 23.9 Å². The summed E-state index contributed by atoms with van der Waals surface area (Å²) in [7, 11) is 2.62. The van der Waals surface area contributed by atoms with E-state index in [1.807, 2.05) is 45.9 Å². The van der Waals surface area contributed by atoms with Crippen molar-refractivity contribution in [1.29, 1.82) is 0 Å². The lowest BCUT2D eigenvalue weighted by Crippen LogP contribution is -2.26. The van der Waals surface area contributed by atoms with Crippen molar-refractivity contribution in [3.8, 4) is 0 Å². The van der Waals surface area contributed by atoms with E-state index in [4.69, 9.17) is 24.5 Å². The predicted molar refractivity (Wildman–Crippen MR) is 170 cm³/mol. The van der Waals surface area contributed by atoms with Crippen molar-refractivity contribution in [2.75, 3.05) is 14.2 Å². The van der Waals surface area contributed by atoms with Crippen LogP contribution in [-0.4, -0.2) is 54.2 Å². The highest BCUT2D eigenvalue weighted by Crippen LogP contribution is 2.47. The molecule has 6 rings (SSSR count). The Morgan fingerprint density at radius 1 is 0.978 bits per heavy atom. The number of esters is 2. The molecule has 8 bridgehead atoms. The number of aliphatic hydroxyl groups excluding tert-OH is 1. The van der Waals surface area contributed by atoms with Crippen molar-refractivity contribution in [2.45, 2.75) is 53.9 Å². The van der Waals surface area contributed by atoms with Crippen LogP contribution in [0.3, 0.4) is 0 Å². The molecule has 45 heavy (non-hydrogen) atoms. The van der Waals surface area contributed by atoms with Crippen molar-refractivity contribution >= 4 is 34.9 Å². The number of fused-ring (bicyclic) bond motifs is 5. The largest absolute Gasteiger partial charge is 0.515 e. The molecule has 1 saturated carbocycles. The van der Waals surface area contributed by atoms with Crippen LogP contribution in [0.4, 0.5) is 0 Å². The van der Waals surface area contributed by atoms with E-state index in [9.17, 15) is 19.5 Å². The van der Waals surface area contributed by atoms with E-state index in [0.717, 1.165) is 46.5 Å². The van der Waals surface area contributed by atoms with Gasteiger partial charge >= 0.3 is 11.9 Å². The molecule has 1 saturated heterocycles. The fourth-order valence-electron chi connectivity index (χ4n) is 7.03. The number of allylic oxidation sites excluding steroid dienone is 11. The van der Waals surface area contributed by atoms with Gasteiger partial charge in [0.1, 0.15) is 5.92 Å². The Labute approximate surface area is 261 Å². The first-order chi connectivity index (χ1) is 21.5. The van der Waals surface area contributed by atoms with Gasteiger partial charge in [-0.05, 0) is 74.1 Å².